The first-order valence-electron chi connectivity index (χ1n) is 12.8. The van der Waals surface area contributed by atoms with Crippen LogP contribution in [0.5, 0.6) is 5.75 Å². The van der Waals surface area contributed by atoms with Crippen molar-refractivity contribution in [1.82, 2.24) is 4.90 Å². The first-order chi connectivity index (χ1) is 17.0. The van der Waals surface area contributed by atoms with Crippen LogP contribution in [0.25, 0.3) is 5.76 Å². The molecule has 0 spiro atoms. The number of rotatable bonds is 7. The third-order valence-electron chi connectivity index (χ3n) is 6.80. The van der Waals surface area contributed by atoms with Crippen LogP contribution < -0.4 is 4.74 Å². The molecule has 2 aliphatic heterocycles. The van der Waals surface area contributed by atoms with E-state index in [0.29, 0.717) is 25.1 Å². The molecule has 2 atom stereocenters. The third-order valence-corrected chi connectivity index (χ3v) is 6.80. The lowest BCUT2D eigenvalue weighted by Gasteiger charge is -2.26. The predicted molar refractivity (Wildman–Crippen MR) is 140 cm³/mol. The van der Waals surface area contributed by atoms with Gasteiger partial charge in [0.25, 0.3) is 11.7 Å². The second-order valence-electron chi connectivity index (χ2n) is 11.1. The number of ketones is 1. The van der Waals surface area contributed by atoms with Gasteiger partial charge in [-0.2, -0.15) is 0 Å². The van der Waals surface area contributed by atoms with Crippen molar-refractivity contribution < 1.29 is 24.2 Å². The van der Waals surface area contributed by atoms with Crippen molar-refractivity contribution in [3.63, 3.8) is 0 Å². The molecular formula is C30H37NO5. The maximum Gasteiger partial charge on any atom is 0.295 e. The fraction of sp³-hybridized carbons (Fsp3) is 0.467. The standard InChI is InChI=1S/C30H37NO5/c1-18(2)35-15-7-14-31-26(20-8-11-23(12-9-20)30(4,5)6)25(28(33)29(31)34)27(32)21-10-13-24-22(17-21)16-19(3)36-24/h8-13,17-19,26,32H,7,14-16H2,1-6H3/b27-25-. The maximum absolute atomic E-state index is 13.3. The van der Waals surface area contributed by atoms with Gasteiger partial charge in [0.15, 0.2) is 0 Å². The predicted octanol–water partition coefficient (Wildman–Crippen LogP) is 5.54. The fourth-order valence-electron chi connectivity index (χ4n) is 4.90. The van der Waals surface area contributed by atoms with Crippen LogP contribution in [0.3, 0.4) is 0 Å². The Morgan fingerprint density at radius 3 is 2.47 bits per heavy atom. The van der Waals surface area contributed by atoms with E-state index in [1.807, 2.05) is 57.2 Å². The largest absolute Gasteiger partial charge is 0.507 e. The van der Waals surface area contributed by atoms with Gasteiger partial charge < -0.3 is 19.5 Å². The molecule has 1 amide bonds. The Morgan fingerprint density at radius 1 is 1.14 bits per heavy atom. The Balaban J connectivity index is 1.75. The number of hydrogen-bond acceptors (Lipinski definition) is 5. The zero-order valence-corrected chi connectivity index (χ0v) is 22.1. The van der Waals surface area contributed by atoms with Gasteiger partial charge in [-0.15, -0.1) is 0 Å². The highest BCUT2D eigenvalue weighted by Crippen LogP contribution is 2.41. The van der Waals surface area contributed by atoms with Gasteiger partial charge in [0, 0.05) is 25.1 Å². The molecule has 6 nitrogen and oxygen atoms in total. The van der Waals surface area contributed by atoms with Gasteiger partial charge in [-0.1, -0.05) is 45.0 Å². The molecule has 1 saturated heterocycles. The molecule has 6 heteroatoms. The average molecular weight is 492 g/mol. The van der Waals surface area contributed by atoms with Crippen LogP contribution in [-0.2, 0) is 26.2 Å². The SMILES string of the molecule is CC(C)OCCCN1C(=O)C(=O)/C(=C(\O)c2ccc3c(c2)CC(C)O3)C1c1ccc(C(C)(C)C)cc1. The molecule has 2 aliphatic rings. The quantitative estimate of drug-likeness (QED) is 0.238. The van der Waals surface area contributed by atoms with E-state index in [1.54, 1.807) is 11.0 Å². The van der Waals surface area contributed by atoms with Gasteiger partial charge in [-0.25, -0.2) is 0 Å². The van der Waals surface area contributed by atoms with Crippen LogP contribution >= 0.6 is 0 Å². The zero-order valence-electron chi connectivity index (χ0n) is 22.1. The first-order valence-corrected chi connectivity index (χ1v) is 12.8. The number of ether oxygens (including phenoxy) is 2. The number of amides is 1. The Bertz CT molecular complexity index is 1170. The van der Waals surface area contributed by atoms with E-state index in [-0.39, 0.29) is 29.0 Å². The molecule has 0 aromatic heterocycles. The monoisotopic (exact) mass is 491 g/mol. The number of fused-ring (bicyclic) bond motifs is 1. The Hall–Kier alpha value is -3.12. The lowest BCUT2D eigenvalue weighted by molar-refractivity contribution is -0.140. The summed E-state index contributed by atoms with van der Waals surface area (Å²) in [6.07, 6.45) is 1.49. The Morgan fingerprint density at radius 2 is 1.83 bits per heavy atom. The fourth-order valence-corrected chi connectivity index (χ4v) is 4.90. The highest BCUT2D eigenvalue weighted by molar-refractivity contribution is 6.46. The van der Waals surface area contributed by atoms with Crippen molar-refractivity contribution in [3.05, 3.63) is 70.3 Å². The number of aliphatic hydroxyl groups excluding tert-OH is 1. The first kappa shape index (κ1) is 26.0. The van der Waals surface area contributed by atoms with Crippen molar-refractivity contribution in [2.45, 2.75) is 78.0 Å². The van der Waals surface area contributed by atoms with E-state index in [0.717, 1.165) is 28.9 Å². The normalized spacial score (nSPS) is 21.2. The van der Waals surface area contributed by atoms with E-state index in [1.165, 1.54) is 0 Å². The van der Waals surface area contributed by atoms with Gasteiger partial charge >= 0.3 is 0 Å². The molecular weight excluding hydrogens is 454 g/mol. The summed E-state index contributed by atoms with van der Waals surface area (Å²) in [5.41, 5.74) is 3.55. The average Bonchev–Trinajstić information content (AvgIpc) is 3.31. The van der Waals surface area contributed by atoms with Gasteiger partial charge in [-0.05, 0) is 67.5 Å². The van der Waals surface area contributed by atoms with E-state index in [4.69, 9.17) is 9.47 Å². The number of likely N-dealkylation sites (tertiary alicyclic amines) is 1. The van der Waals surface area contributed by atoms with Crippen LogP contribution in [0, 0.1) is 0 Å². The summed E-state index contributed by atoms with van der Waals surface area (Å²) in [7, 11) is 0. The minimum Gasteiger partial charge on any atom is -0.507 e. The molecule has 2 aromatic rings. The van der Waals surface area contributed by atoms with Crippen molar-refractivity contribution in [3.8, 4) is 5.75 Å². The van der Waals surface area contributed by atoms with Gasteiger partial charge in [0.1, 0.15) is 17.6 Å². The van der Waals surface area contributed by atoms with Crippen LogP contribution in [0.2, 0.25) is 0 Å². The molecule has 2 unspecified atom stereocenters. The van der Waals surface area contributed by atoms with E-state index < -0.39 is 17.7 Å². The molecule has 0 saturated carbocycles. The van der Waals surface area contributed by atoms with Crippen molar-refractivity contribution in [2.24, 2.45) is 0 Å². The van der Waals surface area contributed by atoms with Gasteiger partial charge in [-0.3, -0.25) is 9.59 Å². The number of aliphatic hydroxyl groups is 1. The molecule has 36 heavy (non-hydrogen) atoms. The lowest BCUT2D eigenvalue weighted by Crippen LogP contribution is -2.31. The third kappa shape index (κ3) is 5.19. The minimum atomic E-state index is -0.665. The molecule has 0 aliphatic carbocycles. The summed E-state index contributed by atoms with van der Waals surface area (Å²) >= 11 is 0. The number of carbonyl (C=O) groups is 2. The molecule has 192 valence electrons. The minimum absolute atomic E-state index is 0.0296. The zero-order chi connectivity index (χ0) is 26.2. The van der Waals surface area contributed by atoms with E-state index in [9.17, 15) is 14.7 Å². The van der Waals surface area contributed by atoms with Gasteiger partial charge in [0.05, 0.1) is 17.7 Å². The van der Waals surface area contributed by atoms with Crippen molar-refractivity contribution in [2.75, 3.05) is 13.2 Å². The number of hydrogen-bond donors (Lipinski definition) is 1. The topological polar surface area (TPSA) is 76.1 Å². The molecule has 0 radical (unpaired) electrons. The Kier molecular flexibility index (Phi) is 7.28. The van der Waals surface area contributed by atoms with Crippen LogP contribution in [-0.4, -0.2) is 47.1 Å². The number of benzene rings is 2. The van der Waals surface area contributed by atoms with Crippen LogP contribution in [0.4, 0.5) is 0 Å². The van der Waals surface area contributed by atoms with Crippen LogP contribution in [0.1, 0.15) is 76.3 Å². The number of Topliss-reactive ketones (excluding diaryl/α,β-unsaturated/α-hetero) is 1. The summed E-state index contributed by atoms with van der Waals surface area (Å²) in [6.45, 7) is 13.2. The number of nitrogens with zero attached hydrogens (tertiary/aromatic N) is 1. The summed E-state index contributed by atoms with van der Waals surface area (Å²) < 4.78 is 11.4. The second kappa shape index (κ2) is 10.1. The maximum atomic E-state index is 13.3. The molecule has 1 fully saturated rings. The van der Waals surface area contributed by atoms with E-state index >= 15 is 0 Å². The summed E-state index contributed by atoms with van der Waals surface area (Å²) in [5, 5.41) is 11.4. The lowest BCUT2D eigenvalue weighted by atomic mass is 9.85. The molecule has 2 heterocycles. The Labute approximate surface area is 213 Å². The molecule has 2 aromatic carbocycles. The smallest absolute Gasteiger partial charge is 0.295 e. The molecule has 4 rings (SSSR count). The summed E-state index contributed by atoms with van der Waals surface area (Å²) in [4.78, 5) is 28.1. The van der Waals surface area contributed by atoms with Crippen molar-refractivity contribution in [1.29, 1.82) is 0 Å². The number of carbonyl (C=O) groups excluding carboxylic acids is 2. The highest BCUT2D eigenvalue weighted by atomic mass is 16.5. The highest BCUT2D eigenvalue weighted by Gasteiger charge is 2.46. The van der Waals surface area contributed by atoms with Gasteiger partial charge in [0.2, 0.25) is 0 Å². The summed E-state index contributed by atoms with van der Waals surface area (Å²) in [5.74, 6) is -0.614. The molecule has 1 N–H and O–H groups in total. The van der Waals surface area contributed by atoms with Crippen LogP contribution in [0.15, 0.2) is 48.0 Å². The second-order valence-corrected chi connectivity index (χ2v) is 11.1. The van der Waals surface area contributed by atoms with E-state index in [2.05, 4.69) is 20.8 Å². The summed E-state index contributed by atoms with van der Waals surface area (Å²) in [6, 6.07) is 12.7. The molecule has 0 bridgehead atoms. The van der Waals surface area contributed by atoms with Crippen molar-refractivity contribution >= 4 is 17.4 Å².